The minimum absolute atomic E-state index is 0.119. The number of carbonyl (C=O) groups is 1. The van der Waals surface area contributed by atoms with Crippen LogP contribution in [0.1, 0.15) is 21.5 Å². The Hall–Kier alpha value is -2.60. The van der Waals surface area contributed by atoms with E-state index < -0.39 is 0 Å². The van der Waals surface area contributed by atoms with Gasteiger partial charge < -0.3 is 4.90 Å². The van der Waals surface area contributed by atoms with Crippen LogP contribution in [0.2, 0.25) is 0 Å². The molecule has 0 saturated carbocycles. The predicted molar refractivity (Wildman–Crippen MR) is 75.1 cm³/mol. The largest absolute Gasteiger partial charge is 0.311 e. The second-order valence-electron chi connectivity index (χ2n) is 4.34. The highest BCUT2D eigenvalue weighted by Crippen LogP contribution is 2.20. The standard InChI is InChI=1S/C16H14N2O/c1-12-6-3-4-9-15(12)18(2)16(19)14-8-5-7-13(10-14)11-17/h3-10H,1-2H3. The molecule has 2 rings (SSSR count). The average Bonchev–Trinajstić information content (AvgIpc) is 2.46. The van der Waals surface area contributed by atoms with Crippen molar-refractivity contribution in [2.75, 3.05) is 11.9 Å². The molecular formula is C16H14N2O. The molecule has 0 aromatic heterocycles. The van der Waals surface area contributed by atoms with Gasteiger partial charge in [0.05, 0.1) is 11.6 Å². The van der Waals surface area contributed by atoms with Crippen molar-refractivity contribution in [3.05, 3.63) is 65.2 Å². The van der Waals surface area contributed by atoms with E-state index in [1.165, 1.54) is 0 Å². The topological polar surface area (TPSA) is 44.1 Å². The molecule has 1 amide bonds. The number of nitrogens with zero attached hydrogens (tertiary/aromatic N) is 2. The summed E-state index contributed by atoms with van der Waals surface area (Å²) < 4.78 is 0. The van der Waals surface area contributed by atoms with E-state index >= 15 is 0 Å². The molecule has 2 aromatic rings. The summed E-state index contributed by atoms with van der Waals surface area (Å²) in [5.41, 5.74) is 2.92. The number of rotatable bonds is 2. The smallest absolute Gasteiger partial charge is 0.258 e. The molecular weight excluding hydrogens is 236 g/mol. The van der Waals surface area contributed by atoms with Crippen LogP contribution >= 0.6 is 0 Å². The Balaban J connectivity index is 2.34. The Morgan fingerprint density at radius 3 is 2.58 bits per heavy atom. The van der Waals surface area contributed by atoms with Gasteiger partial charge in [0.25, 0.3) is 5.91 Å². The van der Waals surface area contributed by atoms with Crippen LogP contribution in [0.15, 0.2) is 48.5 Å². The van der Waals surface area contributed by atoms with Gasteiger partial charge in [-0.1, -0.05) is 24.3 Å². The molecule has 94 valence electrons. The van der Waals surface area contributed by atoms with Crippen molar-refractivity contribution in [1.29, 1.82) is 5.26 Å². The minimum atomic E-state index is -0.119. The lowest BCUT2D eigenvalue weighted by molar-refractivity contribution is 0.0993. The van der Waals surface area contributed by atoms with Gasteiger partial charge in [0.15, 0.2) is 0 Å². The van der Waals surface area contributed by atoms with Crippen LogP contribution in [0.5, 0.6) is 0 Å². The molecule has 0 saturated heterocycles. The maximum absolute atomic E-state index is 12.4. The first kappa shape index (κ1) is 12.8. The van der Waals surface area contributed by atoms with Crippen molar-refractivity contribution in [2.24, 2.45) is 0 Å². The number of hydrogen-bond donors (Lipinski definition) is 0. The number of nitriles is 1. The van der Waals surface area contributed by atoms with Crippen molar-refractivity contribution >= 4 is 11.6 Å². The highest BCUT2D eigenvalue weighted by Gasteiger charge is 2.14. The zero-order valence-electron chi connectivity index (χ0n) is 10.9. The molecule has 0 aliphatic rings. The first-order valence-corrected chi connectivity index (χ1v) is 5.97. The van der Waals surface area contributed by atoms with Crippen LogP contribution in [-0.4, -0.2) is 13.0 Å². The predicted octanol–water partition coefficient (Wildman–Crippen LogP) is 3.14. The summed E-state index contributed by atoms with van der Waals surface area (Å²) in [7, 11) is 1.74. The zero-order chi connectivity index (χ0) is 13.8. The quantitative estimate of drug-likeness (QED) is 0.821. The lowest BCUT2D eigenvalue weighted by Gasteiger charge is -2.19. The second-order valence-corrected chi connectivity index (χ2v) is 4.34. The van der Waals surface area contributed by atoms with Gasteiger partial charge in [0, 0.05) is 18.3 Å². The normalized spacial score (nSPS) is 9.74. The summed E-state index contributed by atoms with van der Waals surface area (Å²) in [6, 6.07) is 16.5. The Labute approximate surface area is 112 Å². The fourth-order valence-electron chi connectivity index (χ4n) is 1.96. The first-order valence-electron chi connectivity index (χ1n) is 5.97. The molecule has 0 aliphatic heterocycles. The molecule has 2 aromatic carbocycles. The zero-order valence-corrected chi connectivity index (χ0v) is 10.9. The number of aryl methyl sites for hydroxylation is 1. The van der Waals surface area contributed by atoms with Gasteiger partial charge in [-0.05, 0) is 36.8 Å². The average molecular weight is 250 g/mol. The van der Waals surface area contributed by atoms with E-state index in [1.54, 1.807) is 36.2 Å². The molecule has 3 nitrogen and oxygen atoms in total. The summed E-state index contributed by atoms with van der Waals surface area (Å²) in [6.07, 6.45) is 0. The number of amides is 1. The van der Waals surface area contributed by atoms with Crippen molar-refractivity contribution in [1.82, 2.24) is 0 Å². The van der Waals surface area contributed by atoms with E-state index in [0.717, 1.165) is 11.3 Å². The van der Waals surface area contributed by atoms with E-state index in [1.807, 2.05) is 37.3 Å². The fourth-order valence-corrected chi connectivity index (χ4v) is 1.96. The molecule has 0 spiro atoms. The van der Waals surface area contributed by atoms with Gasteiger partial charge in [-0.3, -0.25) is 4.79 Å². The van der Waals surface area contributed by atoms with Crippen LogP contribution in [0, 0.1) is 18.3 Å². The van der Waals surface area contributed by atoms with E-state index in [2.05, 4.69) is 0 Å². The van der Waals surface area contributed by atoms with Crippen LogP contribution in [0.3, 0.4) is 0 Å². The molecule has 0 atom stereocenters. The molecule has 3 heteroatoms. The van der Waals surface area contributed by atoms with Crippen LogP contribution in [0.25, 0.3) is 0 Å². The molecule has 0 radical (unpaired) electrons. The van der Waals surface area contributed by atoms with E-state index in [-0.39, 0.29) is 5.91 Å². The second kappa shape index (κ2) is 5.36. The van der Waals surface area contributed by atoms with Gasteiger partial charge in [-0.15, -0.1) is 0 Å². The third-order valence-electron chi connectivity index (χ3n) is 3.02. The van der Waals surface area contributed by atoms with Crippen molar-refractivity contribution in [3.8, 4) is 6.07 Å². The van der Waals surface area contributed by atoms with Gasteiger partial charge in [0.1, 0.15) is 0 Å². The monoisotopic (exact) mass is 250 g/mol. The van der Waals surface area contributed by atoms with Gasteiger partial charge in [-0.2, -0.15) is 5.26 Å². The number of benzene rings is 2. The number of hydrogen-bond acceptors (Lipinski definition) is 2. The molecule has 0 fully saturated rings. The molecule has 0 aliphatic carbocycles. The number of carbonyl (C=O) groups excluding carboxylic acids is 1. The third kappa shape index (κ3) is 2.63. The van der Waals surface area contributed by atoms with Crippen LogP contribution in [0.4, 0.5) is 5.69 Å². The Kier molecular flexibility index (Phi) is 3.63. The maximum atomic E-state index is 12.4. The Morgan fingerprint density at radius 1 is 1.16 bits per heavy atom. The highest BCUT2D eigenvalue weighted by atomic mass is 16.2. The first-order chi connectivity index (χ1) is 9.13. The number of anilines is 1. The molecule has 0 bridgehead atoms. The maximum Gasteiger partial charge on any atom is 0.258 e. The van der Waals surface area contributed by atoms with Crippen molar-refractivity contribution in [2.45, 2.75) is 6.92 Å². The summed E-state index contributed by atoms with van der Waals surface area (Å²) in [4.78, 5) is 14.0. The summed E-state index contributed by atoms with van der Waals surface area (Å²) >= 11 is 0. The molecule has 19 heavy (non-hydrogen) atoms. The van der Waals surface area contributed by atoms with E-state index in [0.29, 0.717) is 11.1 Å². The van der Waals surface area contributed by atoms with Crippen molar-refractivity contribution in [3.63, 3.8) is 0 Å². The molecule has 0 N–H and O–H groups in total. The van der Waals surface area contributed by atoms with Crippen molar-refractivity contribution < 1.29 is 4.79 Å². The minimum Gasteiger partial charge on any atom is -0.311 e. The third-order valence-corrected chi connectivity index (χ3v) is 3.02. The number of para-hydroxylation sites is 1. The summed E-state index contributed by atoms with van der Waals surface area (Å²) in [5, 5.41) is 8.87. The van der Waals surface area contributed by atoms with Crippen LogP contribution < -0.4 is 4.90 Å². The Morgan fingerprint density at radius 2 is 1.89 bits per heavy atom. The lowest BCUT2D eigenvalue weighted by Crippen LogP contribution is -2.26. The van der Waals surface area contributed by atoms with Gasteiger partial charge in [0.2, 0.25) is 0 Å². The van der Waals surface area contributed by atoms with E-state index in [9.17, 15) is 4.79 Å². The van der Waals surface area contributed by atoms with E-state index in [4.69, 9.17) is 5.26 Å². The van der Waals surface area contributed by atoms with Gasteiger partial charge >= 0.3 is 0 Å². The van der Waals surface area contributed by atoms with Gasteiger partial charge in [-0.25, -0.2) is 0 Å². The molecule has 0 heterocycles. The highest BCUT2D eigenvalue weighted by molar-refractivity contribution is 6.06. The molecule has 0 unspecified atom stereocenters. The summed E-state index contributed by atoms with van der Waals surface area (Å²) in [6.45, 7) is 1.96. The van der Waals surface area contributed by atoms with Crippen LogP contribution in [-0.2, 0) is 0 Å². The Bertz CT molecular complexity index is 656. The summed E-state index contributed by atoms with van der Waals surface area (Å²) in [5.74, 6) is -0.119. The SMILES string of the molecule is Cc1ccccc1N(C)C(=O)c1cccc(C#N)c1. The fraction of sp³-hybridized carbons (Fsp3) is 0.125. The lowest BCUT2D eigenvalue weighted by atomic mass is 10.1.